The number of carbonyl (C=O) groups is 3. The molecular formula is C21H20N2O6. The summed E-state index contributed by atoms with van der Waals surface area (Å²) in [5.41, 5.74) is 0.828. The Morgan fingerprint density at radius 2 is 1.59 bits per heavy atom. The van der Waals surface area contributed by atoms with Crippen molar-refractivity contribution in [2.75, 3.05) is 0 Å². The van der Waals surface area contributed by atoms with Gasteiger partial charge in [-0.1, -0.05) is 38.1 Å². The van der Waals surface area contributed by atoms with Gasteiger partial charge in [0.1, 0.15) is 12.1 Å². The molecule has 1 heterocycles. The third-order valence-electron chi connectivity index (χ3n) is 4.82. The smallest absolute Gasteiger partial charge is 0.330 e. The van der Waals surface area contributed by atoms with Crippen LogP contribution in [-0.4, -0.2) is 33.6 Å². The lowest BCUT2D eigenvalue weighted by Gasteiger charge is -2.28. The van der Waals surface area contributed by atoms with Gasteiger partial charge in [-0.2, -0.15) is 0 Å². The molecule has 2 atom stereocenters. The minimum absolute atomic E-state index is 0.119. The van der Waals surface area contributed by atoms with Crippen LogP contribution in [0.3, 0.4) is 0 Å². The van der Waals surface area contributed by atoms with Crippen LogP contribution in [0, 0.1) is 16.0 Å². The molecule has 0 fully saturated rings. The van der Waals surface area contributed by atoms with Gasteiger partial charge in [-0.05, 0) is 30.5 Å². The molecule has 2 aromatic rings. The van der Waals surface area contributed by atoms with Crippen molar-refractivity contribution in [2.24, 2.45) is 5.92 Å². The maximum absolute atomic E-state index is 12.9. The van der Waals surface area contributed by atoms with Gasteiger partial charge >= 0.3 is 5.97 Å². The zero-order valence-corrected chi connectivity index (χ0v) is 16.2. The predicted molar refractivity (Wildman–Crippen MR) is 103 cm³/mol. The van der Waals surface area contributed by atoms with Crippen LogP contribution in [0.4, 0.5) is 5.69 Å². The summed E-state index contributed by atoms with van der Waals surface area (Å²) in [4.78, 5) is 49.8. The van der Waals surface area contributed by atoms with Crippen LogP contribution in [0.25, 0.3) is 0 Å². The van der Waals surface area contributed by atoms with E-state index in [1.54, 1.807) is 51.1 Å². The largest absolute Gasteiger partial charge is 0.456 e. The Balaban J connectivity index is 1.84. The van der Waals surface area contributed by atoms with E-state index < -0.39 is 34.9 Å². The summed E-state index contributed by atoms with van der Waals surface area (Å²) < 4.78 is 5.49. The molecule has 0 saturated carbocycles. The van der Waals surface area contributed by atoms with Crippen LogP contribution in [-0.2, 0) is 9.53 Å². The van der Waals surface area contributed by atoms with Gasteiger partial charge in [0.25, 0.3) is 17.5 Å². The Hall–Kier alpha value is -3.55. The summed E-state index contributed by atoms with van der Waals surface area (Å²) in [5.74, 6) is -2.20. The Morgan fingerprint density at radius 1 is 1.00 bits per heavy atom. The minimum atomic E-state index is -1.11. The van der Waals surface area contributed by atoms with Crippen LogP contribution in [0.2, 0.25) is 0 Å². The fourth-order valence-electron chi connectivity index (χ4n) is 3.34. The summed E-state index contributed by atoms with van der Waals surface area (Å²) >= 11 is 0. The third-order valence-corrected chi connectivity index (χ3v) is 4.82. The number of nitro benzene ring substituents is 1. The van der Waals surface area contributed by atoms with E-state index in [0.717, 1.165) is 4.90 Å². The molecule has 29 heavy (non-hydrogen) atoms. The van der Waals surface area contributed by atoms with E-state index in [1.807, 2.05) is 0 Å². The third kappa shape index (κ3) is 3.73. The first kappa shape index (κ1) is 20.2. The van der Waals surface area contributed by atoms with Gasteiger partial charge in [0, 0.05) is 12.1 Å². The first-order chi connectivity index (χ1) is 13.7. The van der Waals surface area contributed by atoms with Gasteiger partial charge in [0.15, 0.2) is 0 Å². The van der Waals surface area contributed by atoms with Gasteiger partial charge in [-0.15, -0.1) is 0 Å². The Bertz CT molecular complexity index is 965. The second-order valence-electron chi connectivity index (χ2n) is 7.15. The van der Waals surface area contributed by atoms with Crippen molar-refractivity contribution in [1.82, 2.24) is 4.90 Å². The topological polar surface area (TPSA) is 107 Å². The van der Waals surface area contributed by atoms with Crippen molar-refractivity contribution < 1.29 is 24.0 Å². The summed E-state index contributed by atoms with van der Waals surface area (Å²) in [5, 5.41) is 11.0. The van der Waals surface area contributed by atoms with Crippen LogP contribution in [0.1, 0.15) is 53.2 Å². The number of carbonyl (C=O) groups excluding carboxylic acids is 3. The summed E-state index contributed by atoms with van der Waals surface area (Å²) in [6.45, 7) is 5.01. The van der Waals surface area contributed by atoms with E-state index >= 15 is 0 Å². The van der Waals surface area contributed by atoms with Gasteiger partial charge < -0.3 is 4.74 Å². The lowest BCUT2D eigenvalue weighted by atomic mass is 10.0. The maximum atomic E-state index is 12.9. The first-order valence-corrected chi connectivity index (χ1v) is 9.14. The quantitative estimate of drug-likeness (QED) is 0.320. The Kier molecular flexibility index (Phi) is 5.45. The van der Waals surface area contributed by atoms with Crippen molar-refractivity contribution in [1.29, 1.82) is 0 Å². The normalized spacial score (nSPS) is 15.2. The maximum Gasteiger partial charge on any atom is 0.330 e. The van der Waals surface area contributed by atoms with Crippen molar-refractivity contribution in [3.63, 3.8) is 0 Å². The highest BCUT2D eigenvalue weighted by Gasteiger charge is 2.45. The number of benzene rings is 2. The number of fused-ring (bicyclic) bond motifs is 1. The van der Waals surface area contributed by atoms with Gasteiger partial charge in [-0.3, -0.25) is 24.6 Å². The standard InChI is InChI=1S/C21H20N2O6/c1-12(2)18(22-19(24)16-9-4-5-10-17(16)20(22)25)21(26)29-13(3)14-7-6-8-15(11-14)23(27)28/h4-13,18H,1-3H3/t13?,18-/m0/s1. The highest BCUT2D eigenvalue weighted by atomic mass is 16.6. The van der Waals surface area contributed by atoms with E-state index in [-0.39, 0.29) is 22.7 Å². The number of hydrogen-bond acceptors (Lipinski definition) is 6. The molecule has 0 bridgehead atoms. The predicted octanol–water partition coefficient (Wildman–Crippen LogP) is 3.52. The monoisotopic (exact) mass is 396 g/mol. The van der Waals surface area contributed by atoms with E-state index in [4.69, 9.17) is 4.74 Å². The second-order valence-corrected chi connectivity index (χ2v) is 7.15. The molecule has 1 aliphatic rings. The number of nitrogens with zero attached hydrogens (tertiary/aromatic N) is 2. The lowest BCUT2D eigenvalue weighted by molar-refractivity contribution is -0.385. The molecule has 0 aliphatic carbocycles. The second kappa shape index (κ2) is 7.83. The molecule has 3 rings (SSSR count). The molecule has 2 amide bonds. The minimum Gasteiger partial charge on any atom is -0.456 e. The highest BCUT2D eigenvalue weighted by Crippen LogP contribution is 2.29. The zero-order chi connectivity index (χ0) is 21.3. The summed E-state index contributed by atoms with van der Waals surface area (Å²) in [6.07, 6.45) is -0.793. The number of nitro groups is 1. The Morgan fingerprint density at radius 3 is 2.10 bits per heavy atom. The zero-order valence-electron chi connectivity index (χ0n) is 16.2. The highest BCUT2D eigenvalue weighted by molar-refractivity contribution is 6.22. The van der Waals surface area contributed by atoms with Gasteiger partial charge in [0.2, 0.25) is 0 Å². The number of imide groups is 1. The molecule has 0 radical (unpaired) electrons. The van der Waals surface area contributed by atoms with Crippen LogP contribution in [0.5, 0.6) is 0 Å². The van der Waals surface area contributed by atoms with E-state index in [9.17, 15) is 24.5 Å². The van der Waals surface area contributed by atoms with Crippen LogP contribution >= 0.6 is 0 Å². The van der Waals surface area contributed by atoms with Crippen LogP contribution < -0.4 is 0 Å². The average Bonchev–Trinajstić information content (AvgIpc) is 2.93. The van der Waals surface area contributed by atoms with Crippen LogP contribution in [0.15, 0.2) is 48.5 Å². The SMILES string of the molecule is CC(OC(=O)[C@H](C(C)C)N1C(=O)c2ccccc2C1=O)c1cccc([N+](=O)[O-])c1. The Labute approximate surface area is 167 Å². The number of rotatable bonds is 6. The molecule has 0 spiro atoms. The van der Waals surface area contributed by atoms with E-state index in [0.29, 0.717) is 5.56 Å². The van der Waals surface area contributed by atoms with Gasteiger partial charge in [0.05, 0.1) is 16.1 Å². The van der Waals surface area contributed by atoms with Crippen molar-refractivity contribution >= 4 is 23.5 Å². The fourth-order valence-corrected chi connectivity index (χ4v) is 3.34. The van der Waals surface area contributed by atoms with Crippen molar-refractivity contribution in [2.45, 2.75) is 32.9 Å². The van der Waals surface area contributed by atoms with E-state index in [1.165, 1.54) is 18.2 Å². The first-order valence-electron chi connectivity index (χ1n) is 9.14. The molecule has 0 N–H and O–H groups in total. The number of ether oxygens (including phenoxy) is 1. The number of esters is 1. The molecular weight excluding hydrogens is 376 g/mol. The number of hydrogen-bond donors (Lipinski definition) is 0. The molecule has 150 valence electrons. The number of non-ortho nitro benzene ring substituents is 1. The molecule has 8 heteroatoms. The average molecular weight is 396 g/mol. The molecule has 0 saturated heterocycles. The number of amides is 2. The van der Waals surface area contributed by atoms with Crippen molar-refractivity contribution in [3.8, 4) is 0 Å². The molecule has 0 aromatic heterocycles. The summed E-state index contributed by atoms with van der Waals surface area (Å²) in [6, 6.07) is 11.1. The van der Waals surface area contributed by atoms with Crippen molar-refractivity contribution in [3.05, 3.63) is 75.3 Å². The molecule has 1 unspecified atom stereocenters. The van der Waals surface area contributed by atoms with E-state index in [2.05, 4.69) is 0 Å². The van der Waals surface area contributed by atoms with Gasteiger partial charge in [-0.25, -0.2) is 4.79 Å². The molecule has 8 nitrogen and oxygen atoms in total. The molecule has 1 aliphatic heterocycles. The fraction of sp³-hybridized carbons (Fsp3) is 0.286. The lowest BCUT2D eigenvalue weighted by Crippen LogP contribution is -2.48. The summed E-state index contributed by atoms with van der Waals surface area (Å²) in [7, 11) is 0. The molecule has 2 aromatic carbocycles.